The largest absolute Gasteiger partial charge is 0.497 e. The zero-order valence-electron chi connectivity index (χ0n) is 16.6. The van der Waals surface area contributed by atoms with Crippen LogP contribution in [-0.2, 0) is 19.1 Å². The number of carbonyl (C=O) groups excluding carboxylic acids is 2. The SMILES string of the molecule is COCCN1C(=O)C2=C(C(=O)C3CC(C)CCC3O2)C1c1cccc(OC)c1. The van der Waals surface area contributed by atoms with Crippen molar-refractivity contribution in [3.8, 4) is 5.75 Å². The number of hydrogen-bond acceptors (Lipinski definition) is 5. The second-order valence-corrected chi connectivity index (χ2v) is 7.96. The van der Waals surface area contributed by atoms with Crippen molar-refractivity contribution >= 4 is 11.7 Å². The molecule has 2 aliphatic heterocycles. The number of benzene rings is 1. The standard InChI is InChI=1S/C22H27NO5/c1-13-7-8-17-16(11-13)20(24)18-19(14-5-4-6-15(12-14)27-3)23(9-10-26-2)22(25)21(18)28-17/h4-6,12-13,16-17,19H,7-11H2,1-3H3. The van der Waals surface area contributed by atoms with Crippen LogP contribution in [0.2, 0.25) is 0 Å². The topological polar surface area (TPSA) is 65.1 Å². The summed E-state index contributed by atoms with van der Waals surface area (Å²) in [7, 11) is 3.21. The van der Waals surface area contributed by atoms with E-state index < -0.39 is 6.04 Å². The molecule has 0 N–H and O–H groups in total. The van der Waals surface area contributed by atoms with Gasteiger partial charge in [-0.3, -0.25) is 9.59 Å². The molecule has 6 heteroatoms. The van der Waals surface area contributed by atoms with E-state index in [-0.39, 0.29) is 29.5 Å². The Bertz CT molecular complexity index is 817. The molecule has 1 aromatic rings. The predicted molar refractivity (Wildman–Crippen MR) is 103 cm³/mol. The smallest absolute Gasteiger partial charge is 0.290 e. The molecule has 1 saturated carbocycles. The minimum Gasteiger partial charge on any atom is -0.497 e. The lowest BCUT2D eigenvalue weighted by Gasteiger charge is -2.37. The van der Waals surface area contributed by atoms with Gasteiger partial charge in [-0.1, -0.05) is 19.1 Å². The molecule has 1 fully saturated rings. The molecule has 1 amide bonds. The van der Waals surface area contributed by atoms with Gasteiger partial charge in [-0.15, -0.1) is 0 Å². The van der Waals surface area contributed by atoms with Crippen molar-refractivity contribution in [2.24, 2.45) is 11.8 Å². The summed E-state index contributed by atoms with van der Waals surface area (Å²) in [6.07, 6.45) is 2.48. The molecule has 2 heterocycles. The van der Waals surface area contributed by atoms with Crippen LogP contribution in [0, 0.1) is 11.8 Å². The second kappa shape index (κ2) is 7.59. The van der Waals surface area contributed by atoms with Crippen molar-refractivity contribution < 1.29 is 23.8 Å². The molecule has 4 atom stereocenters. The van der Waals surface area contributed by atoms with Crippen LogP contribution in [0.15, 0.2) is 35.6 Å². The third kappa shape index (κ3) is 3.09. The van der Waals surface area contributed by atoms with Gasteiger partial charge in [0.1, 0.15) is 11.9 Å². The first-order valence-electron chi connectivity index (χ1n) is 9.94. The van der Waals surface area contributed by atoms with Gasteiger partial charge in [-0.2, -0.15) is 0 Å². The monoisotopic (exact) mass is 385 g/mol. The quantitative estimate of drug-likeness (QED) is 0.780. The Labute approximate surface area is 165 Å². The van der Waals surface area contributed by atoms with E-state index in [1.54, 1.807) is 19.1 Å². The van der Waals surface area contributed by atoms with Crippen molar-refractivity contribution in [3.63, 3.8) is 0 Å². The van der Waals surface area contributed by atoms with Gasteiger partial charge in [0.2, 0.25) is 0 Å². The number of ether oxygens (including phenoxy) is 3. The molecule has 0 radical (unpaired) electrons. The average molecular weight is 385 g/mol. The Kier molecular flexibility index (Phi) is 5.15. The molecule has 6 nitrogen and oxygen atoms in total. The van der Waals surface area contributed by atoms with E-state index in [0.717, 1.165) is 24.8 Å². The summed E-state index contributed by atoms with van der Waals surface area (Å²) >= 11 is 0. The number of hydrogen-bond donors (Lipinski definition) is 0. The van der Waals surface area contributed by atoms with Crippen molar-refractivity contribution in [2.45, 2.75) is 38.3 Å². The van der Waals surface area contributed by atoms with Gasteiger partial charge >= 0.3 is 0 Å². The van der Waals surface area contributed by atoms with Gasteiger partial charge in [-0.05, 0) is 42.9 Å². The zero-order valence-corrected chi connectivity index (χ0v) is 16.6. The van der Waals surface area contributed by atoms with Crippen molar-refractivity contribution in [1.29, 1.82) is 0 Å². The third-order valence-electron chi connectivity index (χ3n) is 6.15. The number of fused-ring (bicyclic) bond motifs is 1. The minimum atomic E-state index is -0.460. The van der Waals surface area contributed by atoms with Crippen LogP contribution in [0.3, 0.4) is 0 Å². The van der Waals surface area contributed by atoms with Gasteiger partial charge in [0, 0.05) is 13.7 Å². The summed E-state index contributed by atoms with van der Waals surface area (Å²) in [6, 6.07) is 7.09. The van der Waals surface area contributed by atoms with Crippen molar-refractivity contribution in [2.75, 3.05) is 27.4 Å². The molecule has 4 unspecified atom stereocenters. The van der Waals surface area contributed by atoms with Crippen LogP contribution < -0.4 is 4.74 Å². The first-order valence-corrected chi connectivity index (χ1v) is 9.94. The molecular formula is C22H27NO5. The molecule has 0 saturated heterocycles. The summed E-state index contributed by atoms with van der Waals surface area (Å²) in [4.78, 5) is 28.4. The third-order valence-corrected chi connectivity index (χ3v) is 6.15. The maximum atomic E-state index is 13.5. The summed E-state index contributed by atoms with van der Waals surface area (Å²) in [5.41, 5.74) is 1.36. The Morgan fingerprint density at radius 3 is 2.79 bits per heavy atom. The lowest BCUT2D eigenvalue weighted by Crippen LogP contribution is -2.41. The van der Waals surface area contributed by atoms with E-state index in [0.29, 0.717) is 30.4 Å². The van der Waals surface area contributed by atoms with Crippen LogP contribution in [0.5, 0.6) is 5.75 Å². The molecule has 4 rings (SSSR count). The number of methoxy groups -OCH3 is 2. The van der Waals surface area contributed by atoms with Gasteiger partial charge in [0.05, 0.1) is 31.2 Å². The van der Waals surface area contributed by atoms with E-state index >= 15 is 0 Å². The van der Waals surface area contributed by atoms with Gasteiger partial charge in [-0.25, -0.2) is 0 Å². The molecule has 0 spiro atoms. The van der Waals surface area contributed by atoms with E-state index in [2.05, 4.69) is 6.92 Å². The highest BCUT2D eigenvalue weighted by molar-refractivity contribution is 6.11. The number of amides is 1. The maximum absolute atomic E-state index is 13.5. The number of Topliss-reactive ketones (excluding diaryl/α,β-unsaturated/α-hetero) is 1. The molecule has 0 aromatic heterocycles. The molecular weight excluding hydrogens is 358 g/mol. The fourth-order valence-corrected chi connectivity index (χ4v) is 4.70. The van der Waals surface area contributed by atoms with Gasteiger partial charge in [0.25, 0.3) is 5.91 Å². The van der Waals surface area contributed by atoms with E-state index in [1.165, 1.54) is 0 Å². The van der Waals surface area contributed by atoms with Crippen LogP contribution in [0.25, 0.3) is 0 Å². The number of rotatable bonds is 5. The summed E-state index contributed by atoms with van der Waals surface area (Å²) < 4.78 is 16.7. The molecule has 28 heavy (non-hydrogen) atoms. The minimum absolute atomic E-state index is 0.0684. The number of nitrogens with zero attached hydrogens (tertiary/aromatic N) is 1. The van der Waals surface area contributed by atoms with E-state index in [9.17, 15) is 9.59 Å². The summed E-state index contributed by atoms with van der Waals surface area (Å²) in [5, 5.41) is 0. The first kappa shape index (κ1) is 19.0. The van der Waals surface area contributed by atoms with E-state index in [1.807, 2.05) is 24.3 Å². The molecule has 3 aliphatic rings. The lowest BCUT2D eigenvalue weighted by atomic mass is 9.74. The predicted octanol–water partition coefficient (Wildman–Crippen LogP) is 2.88. The average Bonchev–Trinajstić information content (AvgIpc) is 2.99. The Morgan fingerprint density at radius 1 is 1.21 bits per heavy atom. The second-order valence-electron chi connectivity index (χ2n) is 7.96. The van der Waals surface area contributed by atoms with Crippen molar-refractivity contribution in [1.82, 2.24) is 4.90 Å². The normalized spacial score (nSPS) is 29.5. The highest BCUT2D eigenvalue weighted by Crippen LogP contribution is 2.47. The molecule has 1 aromatic carbocycles. The van der Waals surface area contributed by atoms with Gasteiger partial charge < -0.3 is 19.1 Å². The molecule has 0 bridgehead atoms. The van der Waals surface area contributed by atoms with Crippen LogP contribution in [0.1, 0.15) is 37.8 Å². The van der Waals surface area contributed by atoms with E-state index in [4.69, 9.17) is 14.2 Å². The lowest BCUT2D eigenvalue weighted by molar-refractivity contribution is -0.136. The van der Waals surface area contributed by atoms with Crippen LogP contribution in [-0.4, -0.2) is 50.1 Å². The zero-order chi connectivity index (χ0) is 19.8. The Morgan fingerprint density at radius 2 is 2.04 bits per heavy atom. The Hall–Kier alpha value is -2.34. The highest BCUT2D eigenvalue weighted by atomic mass is 16.5. The first-order chi connectivity index (χ1) is 13.5. The van der Waals surface area contributed by atoms with Crippen LogP contribution in [0.4, 0.5) is 0 Å². The number of carbonyl (C=O) groups is 2. The Balaban J connectivity index is 1.77. The summed E-state index contributed by atoms with van der Waals surface area (Å²) in [5.74, 6) is 1.12. The highest BCUT2D eigenvalue weighted by Gasteiger charge is 2.52. The maximum Gasteiger partial charge on any atom is 0.290 e. The fourth-order valence-electron chi connectivity index (χ4n) is 4.70. The fraction of sp³-hybridized carbons (Fsp3) is 0.545. The number of ketones is 1. The van der Waals surface area contributed by atoms with Crippen LogP contribution >= 0.6 is 0 Å². The molecule has 1 aliphatic carbocycles. The van der Waals surface area contributed by atoms with Gasteiger partial charge in [0.15, 0.2) is 11.5 Å². The molecule has 150 valence electrons. The summed E-state index contributed by atoms with van der Waals surface area (Å²) in [6.45, 7) is 2.97. The van der Waals surface area contributed by atoms with Crippen molar-refractivity contribution in [3.05, 3.63) is 41.2 Å².